The highest BCUT2D eigenvalue weighted by molar-refractivity contribution is 5.50. The summed E-state index contributed by atoms with van der Waals surface area (Å²) in [4.78, 5) is 17.2. The van der Waals surface area contributed by atoms with E-state index < -0.39 is 0 Å². The van der Waals surface area contributed by atoms with Crippen LogP contribution in [-0.2, 0) is 17.7 Å². The monoisotopic (exact) mass is 371 g/mol. The summed E-state index contributed by atoms with van der Waals surface area (Å²) in [5.74, 6) is 1.89. The molecule has 148 valence electrons. The van der Waals surface area contributed by atoms with E-state index in [0.717, 1.165) is 51.9 Å². The van der Waals surface area contributed by atoms with Crippen molar-refractivity contribution in [1.29, 1.82) is 0 Å². The number of hydrogen-bond donors (Lipinski definition) is 0. The van der Waals surface area contributed by atoms with Gasteiger partial charge < -0.3 is 9.64 Å². The molecule has 0 bridgehead atoms. The summed E-state index contributed by atoms with van der Waals surface area (Å²) in [5.41, 5.74) is 2.65. The molecule has 0 N–H and O–H groups in total. The van der Waals surface area contributed by atoms with Crippen molar-refractivity contribution in [2.24, 2.45) is 5.92 Å². The summed E-state index contributed by atoms with van der Waals surface area (Å²) in [6, 6.07) is 1.44. The highest BCUT2D eigenvalue weighted by atomic mass is 16.5. The van der Waals surface area contributed by atoms with Gasteiger partial charge >= 0.3 is 0 Å². The molecule has 2 saturated heterocycles. The minimum Gasteiger partial charge on any atom is -0.381 e. The Kier molecular flexibility index (Phi) is 5.05. The molecule has 6 heteroatoms. The van der Waals surface area contributed by atoms with Crippen LogP contribution in [0, 0.1) is 5.92 Å². The zero-order chi connectivity index (χ0) is 18.2. The first-order valence-corrected chi connectivity index (χ1v) is 10.9. The minimum atomic E-state index is 0.574. The van der Waals surface area contributed by atoms with Gasteiger partial charge in [0.15, 0.2) is 0 Å². The number of anilines is 1. The van der Waals surface area contributed by atoms with Crippen LogP contribution < -0.4 is 4.90 Å². The van der Waals surface area contributed by atoms with Gasteiger partial charge in [0.05, 0.1) is 12.3 Å². The van der Waals surface area contributed by atoms with Gasteiger partial charge in [0.2, 0.25) is 0 Å². The van der Waals surface area contributed by atoms with Crippen molar-refractivity contribution in [1.82, 2.24) is 19.8 Å². The first-order valence-electron chi connectivity index (χ1n) is 10.9. The molecule has 1 aliphatic carbocycles. The van der Waals surface area contributed by atoms with Crippen molar-refractivity contribution in [3.63, 3.8) is 0 Å². The second kappa shape index (κ2) is 7.64. The Morgan fingerprint density at radius 1 is 1.07 bits per heavy atom. The molecular weight excluding hydrogens is 338 g/mol. The molecule has 2 atom stereocenters. The van der Waals surface area contributed by atoms with Crippen LogP contribution >= 0.6 is 0 Å². The molecule has 6 nitrogen and oxygen atoms in total. The lowest BCUT2D eigenvalue weighted by molar-refractivity contribution is 0.115. The van der Waals surface area contributed by atoms with Crippen molar-refractivity contribution < 1.29 is 4.74 Å². The Labute approximate surface area is 162 Å². The molecule has 1 saturated carbocycles. The second-order valence-corrected chi connectivity index (χ2v) is 8.82. The summed E-state index contributed by atoms with van der Waals surface area (Å²) in [6.45, 7) is 10.9. The lowest BCUT2D eigenvalue weighted by Crippen LogP contribution is -2.52. The predicted molar refractivity (Wildman–Crippen MR) is 106 cm³/mol. The number of aromatic nitrogens is 2. The molecule has 3 fully saturated rings. The fourth-order valence-corrected chi connectivity index (χ4v) is 5.26. The molecule has 5 rings (SSSR count). The Morgan fingerprint density at radius 2 is 1.93 bits per heavy atom. The van der Waals surface area contributed by atoms with Gasteiger partial charge in [-0.05, 0) is 38.5 Å². The van der Waals surface area contributed by atoms with E-state index in [0.29, 0.717) is 12.0 Å². The average molecular weight is 372 g/mol. The van der Waals surface area contributed by atoms with E-state index >= 15 is 0 Å². The third-order valence-electron chi connectivity index (χ3n) is 7.44. The average Bonchev–Trinajstić information content (AvgIpc) is 3.20. The fraction of sp³-hybridized carbons (Fsp3) is 0.810. The molecule has 27 heavy (non-hydrogen) atoms. The molecule has 2 unspecified atom stereocenters. The SMILES string of the molecule is CC(C1CCOC1)N1CCc2c(ncnc2N2CCN(C3CCC3)CC2)C1. The lowest BCUT2D eigenvalue weighted by atomic mass is 9.91. The maximum Gasteiger partial charge on any atom is 0.135 e. The number of piperazine rings is 1. The summed E-state index contributed by atoms with van der Waals surface area (Å²) >= 11 is 0. The van der Waals surface area contributed by atoms with Gasteiger partial charge in [-0.2, -0.15) is 0 Å². The number of fused-ring (bicyclic) bond motifs is 1. The smallest absolute Gasteiger partial charge is 0.135 e. The fourth-order valence-electron chi connectivity index (χ4n) is 5.26. The zero-order valence-electron chi connectivity index (χ0n) is 16.6. The third-order valence-corrected chi connectivity index (χ3v) is 7.44. The van der Waals surface area contributed by atoms with Crippen LogP contribution in [0.5, 0.6) is 0 Å². The summed E-state index contributed by atoms with van der Waals surface area (Å²) < 4.78 is 5.61. The number of ether oxygens (including phenoxy) is 1. The van der Waals surface area contributed by atoms with Gasteiger partial charge in [0, 0.05) is 63.5 Å². The van der Waals surface area contributed by atoms with Gasteiger partial charge in [0.25, 0.3) is 0 Å². The standard InChI is InChI=1S/C21H33N5O/c1-16(17-6-12-27-14-17)26-7-5-19-20(13-26)22-15-23-21(19)25-10-8-24(9-11-25)18-3-2-4-18/h15-18H,2-14H2,1H3. The van der Waals surface area contributed by atoms with Crippen LogP contribution in [0.4, 0.5) is 5.82 Å². The molecule has 0 radical (unpaired) electrons. The van der Waals surface area contributed by atoms with E-state index in [4.69, 9.17) is 9.72 Å². The molecule has 0 aromatic carbocycles. The molecule has 4 heterocycles. The second-order valence-electron chi connectivity index (χ2n) is 8.82. The molecule has 1 aromatic heterocycles. The number of hydrogen-bond acceptors (Lipinski definition) is 6. The summed E-state index contributed by atoms with van der Waals surface area (Å²) in [7, 11) is 0. The van der Waals surface area contributed by atoms with Crippen LogP contribution in [0.3, 0.4) is 0 Å². The molecule has 0 spiro atoms. The third kappa shape index (κ3) is 3.47. The van der Waals surface area contributed by atoms with Gasteiger partial charge in [-0.1, -0.05) is 6.42 Å². The largest absolute Gasteiger partial charge is 0.381 e. The zero-order valence-corrected chi connectivity index (χ0v) is 16.6. The van der Waals surface area contributed by atoms with E-state index in [1.54, 1.807) is 6.33 Å². The van der Waals surface area contributed by atoms with E-state index in [1.807, 2.05) is 0 Å². The first kappa shape index (κ1) is 17.8. The van der Waals surface area contributed by atoms with E-state index in [1.165, 1.54) is 55.8 Å². The lowest BCUT2D eigenvalue weighted by Gasteiger charge is -2.44. The quantitative estimate of drug-likeness (QED) is 0.806. The summed E-state index contributed by atoms with van der Waals surface area (Å²) in [5, 5.41) is 0. The Morgan fingerprint density at radius 3 is 2.63 bits per heavy atom. The van der Waals surface area contributed by atoms with Crippen molar-refractivity contribution in [3.05, 3.63) is 17.6 Å². The minimum absolute atomic E-state index is 0.574. The topological polar surface area (TPSA) is 44.7 Å². The van der Waals surface area contributed by atoms with Gasteiger partial charge in [0.1, 0.15) is 12.1 Å². The maximum absolute atomic E-state index is 5.61. The highest BCUT2D eigenvalue weighted by Crippen LogP contribution is 2.31. The molecule has 0 amide bonds. The van der Waals surface area contributed by atoms with Crippen LogP contribution in [0.1, 0.15) is 43.9 Å². The van der Waals surface area contributed by atoms with Crippen LogP contribution in [0.25, 0.3) is 0 Å². The molecule has 3 aliphatic heterocycles. The molecular formula is C21H33N5O. The highest BCUT2D eigenvalue weighted by Gasteiger charge is 2.33. The van der Waals surface area contributed by atoms with Gasteiger partial charge in [-0.25, -0.2) is 9.97 Å². The van der Waals surface area contributed by atoms with E-state index in [9.17, 15) is 0 Å². The van der Waals surface area contributed by atoms with Crippen LogP contribution in [0.15, 0.2) is 6.33 Å². The van der Waals surface area contributed by atoms with Crippen molar-refractivity contribution in [2.75, 3.05) is 50.8 Å². The molecule has 4 aliphatic rings. The van der Waals surface area contributed by atoms with Crippen molar-refractivity contribution in [2.45, 2.75) is 57.7 Å². The maximum atomic E-state index is 5.61. The number of nitrogens with zero attached hydrogens (tertiary/aromatic N) is 5. The van der Waals surface area contributed by atoms with E-state index in [-0.39, 0.29) is 0 Å². The van der Waals surface area contributed by atoms with Crippen LogP contribution in [0.2, 0.25) is 0 Å². The Balaban J connectivity index is 1.26. The summed E-state index contributed by atoms with van der Waals surface area (Å²) in [6.07, 6.45) is 8.30. The molecule has 1 aromatic rings. The van der Waals surface area contributed by atoms with Crippen molar-refractivity contribution >= 4 is 5.82 Å². The van der Waals surface area contributed by atoms with Gasteiger partial charge in [-0.15, -0.1) is 0 Å². The number of rotatable bonds is 4. The van der Waals surface area contributed by atoms with Gasteiger partial charge in [-0.3, -0.25) is 9.80 Å². The Bertz CT molecular complexity index is 650. The van der Waals surface area contributed by atoms with E-state index in [2.05, 4.69) is 26.6 Å². The first-order chi connectivity index (χ1) is 13.3. The van der Waals surface area contributed by atoms with Crippen LogP contribution in [-0.4, -0.2) is 77.8 Å². The Hall–Kier alpha value is -1.24. The predicted octanol–water partition coefficient (Wildman–Crippen LogP) is 1.93. The van der Waals surface area contributed by atoms with Crippen molar-refractivity contribution in [3.8, 4) is 0 Å². The normalized spacial score (nSPS) is 28.8.